The molecule has 0 unspecified atom stereocenters. The number of nitrogens with one attached hydrogen (secondary N) is 1. The van der Waals surface area contributed by atoms with Gasteiger partial charge in [0.15, 0.2) is 5.29 Å². The Bertz CT molecular complexity index is 957. The van der Waals surface area contributed by atoms with E-state index < -0.39 is 0 Å². The van der Waals surface area contributed by atoms with Gasteiger partial charge in [-0.1, -0.05) is 78.9 Å². The number of hydrogen-bond acceptors (Lipinski definition) is 2. The molecule has 0 spiro atoms. The van der Waals surface area contributed by atoms with Crippen molar-refractivity contribution in [2.75, 3.05) is 0 Å². The van der Waals surface area contributed by atoms with Gasteiger partial charge in [0.25, 0.3) is 0 Å². The van der Waals surface area contributed by atoms with Crippen molar-refractivity contribution >= 4 is 28.3 Å². The zero-order chi connectivity index (χ0) is 19.2. The highest BCUT2D eigenvalue weighted by Crippen LogP contribution is 2.35. The third kappa shape index (κ3) is 4.78. The van der Waals surface area contributed by atoms with Crippen molar-refractivity contribution in [3.8, 4) is 11.1 Å². The quantitative estimate of drug-likeness (QED) is 0.334. The monoisotopic (exact) mass is 375 g/mol. The average Bonchev–Trinajstić information content (AvgIpc) is 2.67. The average molecular weight is 376 g/mol. The second-order valence-corrected chi connectivity index (χ2v) is 6.71. The predicted molar refractivity (Wildman–Crippen MR) is 116 cm³/mol. The van der Waals surface area contributed by atoms with Crippen molar-refractivity contribution < 1.29 is 0 Å². The molecule has 4 heteroatoms. The smallest absolute Gasteiger partial charge is 0.193 e. The van der Waals surface area contributed by atoms with Gasteiger partial charge in [-0.2, -0.15) is 0 Å². The molecular formula is C23H22ClN3. The van der Waals surface area contributed by atoms with Gasteiger partial charge in [-0.3, -0.25) is 0 Å². The predicted octanol–water partition coefficient (Wildman–Crippen LogP) is 5.61. The fourth-order valence-corrected chi connectivity index (χ4v) is 3.02. The number of hydrogen-bond donors (Lipinski definition) is 2. The standard InChI is InChI=1S/C23H22ClN3/c1-16-11-13-18(14-12-16)15-26-17(2)22-20(19-7-4-3-5-8-19)9-6-10-21(22)27-23(24)25/h3-14,26H,2,15H2,1H3,(H2,25,27). The summed E-state index contributed by atoms with van der Waals surface area (Å²) in [4.78, 5) is 4.29. The molecule has 3 nitrogen and oxygen atoms in total. The van der Waals surface area contributed by atoms with E-state index in [1.807, 2.05) is 36.4 Å². The Morgan fingerprint density at radius 3 is 2.37 bits per heavy atom. The summed E-state index contributed by atoms with van der Waals surface area (Å²) in [6.45, 7) is 6.99. The first kappa shape index (κ1) is 18.7. The molecule has 0 aliphatic heterocycles. The molecule has 3 aromatic carbocycles. The van der Waals surface area contributed by atoms with E-state index in [0.29, 0.717) is 12.2 Å². The van der Waals surface area contributed by atoms with Crippen molar-refractivity contribution in [3.63, 3.8) is 0 Å². The lowest BCUT2D eigenvalue weighted by atomic mass is 9.96. The van der Waals surface area contributed by atoms with Crippen molar-refractivity contribution in [2.45, 2.75) is 13.5 Å². The van der Waals surface area contributed by atoms with Gasteiger partial charge in [0.05, 0.1) is 5.69 Å². The lowest BCUT2D eigenvalue weighted by molar-refractivity contribution is 0.891. The minimum absolute atomic E-state index is 0.00667. The van der Waals surface area contributed by atoms with Crippen LogP contribution in [0.3, 0.4) is 0 Å². The van der Waals surface area contributed by atoms with Crippen LogP contribution in [0.25, 0.3) is 16.8 Å². The Kier molecular flexibility index (Phi) is 5.94. The third-order valence-electron chi connectivity index (χ3n) is 4.28. The van der Waals surface area contributed by atoms with E-state index in [1.54, 1.807) is 0 Å². The Hall–Kier alpha value is -3.04. The van der Waals surface area contributed by atoms with Crippen LogP contribution < -0.4 is 11.1 Å². The van der Waals surface area contributed by atoms with Crippen molar-refractivity contribution in [1.29, 1.82) is 0 Å². The largest absolute Gasteiger partial charge is 0.381 e. The number of rotatable bonds is 6. The molecule has 0 fully saturated rings. The van der Waals surface area contributed by atoms with Crippen LogP contribution in [-0.2, 0) is 6.54 Å². The van der Waals surface area contributed by atoms with Crippen molar-refractivity contribution in [2.24, 2.45) is 10.7 Å². The van der Waals surface area contributed by atoms with Gasteiger partial charge in [0.1, 0.15) is 0 Å². The second-order valence-electron chi connectivity index (χ2n) is 6.32. The zero-order valence-electron chi connectivity index (χ0n) is 15.2. The first-order chi connectivity index (χ1) is 13.0. The van der Waals surface area contributed by atoms with Crippen LogP contribution in [0.5, 0.6) is 0 Å². The minimum atomic E-state index is -0.00667. The number of benzene rings is 3. The van der Waals surface area contributed by atoms with Crippen LogP contribution in [0, 0.1) is 6.92 Å². The summed E-state index contributed by atoms with van der Waals surface area (Å²) in [7, 11) is 0. The van der Waals surface area contributed by atoms with Gasteiger partial charge < -0.3 is 11.1 Å². The molecule has 0 radical (unpaired) electrons. The van der Waals surface area contributed by atoms with E-state index in [-0.39, 0.29) is 5.29 Å². The molecule has 0 aliphatic carbocycles. The van der Waals surface area contributed by atoms with E-state index in [4.69, 9.17) is 17.3 Å². The number of nitrogens with zero attached hydrogens (tertiary/aromatic N) is 1. The first-order valence-electron chi connectivity index (χ1n) is 8.71. The molecular weight excluding hydrogens is 354 g/mol. The number of aryl methyl sites for hydroxylation is 1. The second kappa shape index (κ2) is 8.56. The molecule has 136 valence electrons. The minimum Gasteiger partial charge on any atom is -0.381 e. The van der Waals surface area contributed by atoms with Gasteiger partial charge in [-0.25, -0.2) is 4.99 Å². The fourth-order valence-electron chi connectivity index (χ4n) is 2.93. The maximum absolute atomic E-state index is 5.85. The SMILES string of the molecule is C=C(NCc1ccc(C)cc1)c1c(N=C(N)Cl)cccc1-c1ccccc1. The van der Waals surface area contributed by atoms with Crippen molar-refractivity contribution in [1.82, 2.24) is 5.32 Å². The summed E-state index contributed by atoms with van der Waals surface area (Å²) < 4.78 is 0. The summed E-state index contributed by atoms with van der Waals surface area (Å²) >= 11 is 5.85. The highest BCUT2D eigenvalue weighted by atomic mass is 35.5. The molecule has 0 saturated heterocycles. The Morgan fingerprint density at radius 2 is 1.70 bits per heavy atom. The molecule has 0 heterocycles. The fraction of sp³-hybridized carbons (Fsp3) is 0.0870. The van der Waals surface area contributed by atoms with Gasteiger partial charge >= 0.3 is 0 Å². The van der Waals surface area contributed by atoms with Gasteiger partial charge in [0.2, 0.25) is 0 Å². The van der Waals surface area contributed by atoms with E-state index >= 15 is 0 Å². The normalized spacial score (nSPS) is 11.3. The van der Waals surface area contributed by atoms with Crippen LogP contribution in [0.15, 0.2) is 84.4 Å². The highest BCUT2D eigenvalue weighted by molar-refractivity contribution is 6.64. The molecule has 0 saturated carbocycles. The van der Waals surface area contributed by atoms with E-state index in [1.165, 1.54) is 11.1 Å². The third-order valence-corrected chi connectivity index (χ3v) is 4.37. The number of nitrogens with two attached hydrogens (primary N) is 1. The number of amidine groups is 1. The molecule has 3 aromatic rings. The molecule has 0 amide bonds. The summed E-state index contributed by atoms with van der Waals surface area (Å²) in [6.07, 6.45) is 0. The van der Waals surface area contributed by atoms with E-state index in [0.717, 1.165) is 22.4 Å². The Balaban J connectivity index is 1.97. The number of halogens is 1. The lowest BCUT2D eigenvalue weighted by Crippen LogP contribution is -2.12. The maximum atomic E-state index is 5.85. The summed E-state index contributed by atoms with van der Waals surface area (Å²) in [6, 6.07) is 24.4. The molecule has 0 atom stereocenters. The molecule has 0 aromatic heterocycles. The summed E-state index contributed by atoms with van der Waals surface area (Å²) in [5, 5.41) is 3.40. The van der Waals surface area contributed by atoms with Gasteiger partial charge in [0, 0.05) is 17.8 Å². The van der Waals surface area contributed by atoms with Gasteiger partial charge in [-0.15, -0.1) is 0 Å². The first-order valence-corrected chi connectivity index (χ1v) is 9.09. The molecule has 3 N–H and O–H groups in total. The summed E-state index contributed by atoms with van der Waals surface area (Å²) in [5.74, 6) is 0. The molecule has 3 rings (SSSR count). The van der Waals surface area contributed by atoms with Crippen LogP contribution in [0.4, 0.5) is 5.69 Å². The Morgan fingerprint density at radius 1 is 1.00 bits per heavy atom. The molecule has 27 heavy (non-hydrogen) atoms. The Labute approximate surface area is 165 Å². The maximum Gasteiger partial charge on any atom is 0.193 e. The zero-order valence-corrected chi connectivity index (χ0v) is 16.0. The van der Waals surface area contributed by atoms with Gasteiger partial charge in [-0.05, 0) is 41.3 Å². The van der Waals surface area contributed by atoms with E-state index in [2.05, 4.69) is 60.2 Å². The number of aliphatic imine (C=N–C) groups is 1. The van der Waals surface area contributed by atoms with Crippen LogP contribution in [0.1, 0.15) is 16.7 Å². The van der Waals surface area contributed by atoms with Crippen LogP contribution >= 0.6 is 11.6 Å². The topological polar surface area (TPSA) is 50.4 Å². The van der Waals surface area contributed by atoms with Crippen molar-refractivity contribution in [3.05, 3.63) is 96.1 Å². The van der Waals surface area contributed by atoms with E-state index in [9.17, 15) is 0 Å². The van der Waals surface area contributed by atoms with Crippen LogP contribution in [0.2, 0.25) is 0 Å². The van der Waals surface area contributed by atoms with Crippen LogP contribution in [-0.4, -0.2) is 5.29 Å². The molecule has 0 aliphatic rings. The molecule has 0 bridgehead atoms. The summed E-state index contributed by atoms with van der Waals surface area (Å²) in [5.41, 5.74) is 12.5. The lowest BCUT2D eigenvalue weighted by Gasteiger charge is -2.17. The highest BCUT2D eigenvalue weighted by Gasteiger charge is 2.13.